The Balaban J connectivity index is 1.54. The van der Waals surface area contributed by atoms with Gasteiger partial charge in [-0.1, -0.05) is 44.2 Å². The predicted molar refractivity (Wildman–Crippen MR) is 180 cm³/mol. The van der Waals surface area contributed by atoms with Crippen LogP contribution in [0.25, 0.3) is 11.1 Å². The molecule has 0 unspecified atom stereocenters. The van der Waals surface area contributed by atoms with Crippen LogP contribution in [0.15, 0.2) is 36.4 Å². The molecule has 3 aromatic rings. The van der Waals surface area contributed by atoms with E-state index in [0.29, 0.717) is 29.9 Å². The average Bonchev–Trinajstić information content (AvgIpc) is 2.95. The van der Waals surface area contributed by atoms with Gasteiger partial charge in [0.2, 0.25) is 0 Å². The van der Waals surface area contributed by atoms with Gasteiger partial charge in [-0.15, -0.1) is 0 Å². The molecule has 6 nitrogen and oxygen atoms in total. The number of anilines is 1. The SMILES string of the molecule is Cc1nc(C)c([C@H](OC(C)(C)C)C(=O)O)c(N2CCC(C)(C)CC2)c1-c1ccc2c(c1)CCN(Cc1cccc(C(F)(F)F)c1C)C2. The van der Waals surface area contributed by atoms with Crippen molar-refractivity contribution in [3.63, 3.8) is 0 Å². The Morgan fingerprint density at radius 2 is 1.68 bits per heavy atom. The number of halogens is 3. The first-order valence-electron chi connectivity index (χ1n) is 16.5. The summed E-state index contributed by atoms with van der Waals surface area (Å²) in [5.41, 5.74) is 7.13. The molecule has 3 heterocycles. The van der Waals surface area contributed by atoms with Crippen LogP contribution in [0.4, 0.5) is 18.9 Å². The molecule has 254 valence electrons. The lowest BCUT2D eigenvalue weighted by Crippen LogP contribution is -2.39. The molecule has 1 atom stereocenters. The summed E-state index contributed by atoms with van der Waals surface area (Å²) in [4.78, 5) is 22.3. The van der Waals surface area contributed by atoms with Crippen LogP contribution in [-0.2, 0) is 35.2 Å². The number of benzene rings is 2. The van der Waals surface area contributed by atoms with E-state index in [1.54, 1.807) is 13.0 Å². The monoisotopic (exact) mass is 651 g/mol. The highest BCUT2D eigenvalue weighted by Crippen LogP contribution is 2.45. The zero-order chi connectivity index (χ0) is 34.5. The largest absolute Gasteiger partial charge is 0.479 e. The lowest BCUT2D eigenvalue weighted by Gasteiger charge is -2.41. The van der Waals surface area contributed by atoms with E-state index in [4.69, 9.17) is 9.72 Å². The highest BCUT2D eigenvalue weighted by atomic mass is 19.4. The van der Waals surface area contributed by atoms with Gasteiger partial charge in [-0.25, -0.2) is 4.79 Å². The summed E-state index contributed by atoms with van der Waals surface area (Å²) in [6, 6.07) is 10.8. The number of carboxylic acids is 1. The number of hydrogen-bond acceptors (Lipinski definition) is 5. The summed E-state index contributed by atoms with van der Waals surface area (Å²) in [6.07, 6.45) is -2.84. The van der Waals surface area contributed by atoms with Crippen molar-refractivity contribution in [3.8, 4) is 11.1 Å². The molecule has 0 bridgehead atoms. The van der Waals surface area contributed by atoms with Gasteiger partial charge in [0.05, 0.1) is 16.9 Å². The molecule has 9 heteroatoms. The van der Waals surface area contributed by atoms with Crippen LogP contribution in [0.5, 0.6) is 0 Å². The molecule has 1 fully saturated rings. The fraction of sp³-hybridized carbons (Fsp3) is 0.526. The Labute approximate surface area is 277 Å². The number of alkyl halides is 3. The minimum absolute atomic E-state index is 0.201. The molecule has 0 aliphatic carbocycles. The van der Waals surface area contributed by atoms with Gasteiger partial charge in [-0.05, 0) is 100 Å². The summed E-state index contributed by atoms with van der Waals surface area (Å²) in [5.74, 6) is -1.04. The summed E-state index contributed by atoms with van der Waals surface area (Å²) >= 11 is 0. The van der Waals surface area contributed by atoms with Crippen LogP contribution in [0, 0.1) is 26.2 Å². The predicted octanol–water partition coefficient (Wildman–Crippen LogP) is 8.82. The molecule has 2 aliphatic heterocycles. The minimum Gasteiger partial charge on any atom is -0.479 e. The molecule has 5 rings (SSSR count). The molecule has 0 radical (unpaired) electrons. The van der Waals surface area contributed by atoms with Crippen LogP contribution in [0.3, 0.4) is 0 Å². The molecule has 0 amide bonds. The summed E-state index contributed by atoms with van der Waals surface area (Å²) in [5, 5.41) is 10.5. The van der Waals surface area contributed by atoms with Crippen LogP contribution in [0.1, 0.15) is 98.3 Å². The molecule has 1 saturated heterocycles. The van der Waals surface area contributed by atoms with Crippen molar-refractivity contribution in [2.45, 2.75) is 106 Å². The van der Waals surface area contributed by atoms with Gasteiger partial charge < -0.3 is 14.7 Å². The number of rotatable bonds is 7. The maximum absolute atomic E-state index is 13.5. The number of fused-ring (bicyclic) bond motifs is 1. The highest BCUT2D eigenvalue weighted by Gasteiger charge is 2.37. The second-order valence-corrected chi connectivity index (χ2v) is 15.1. The summed E-state index contributed by atoms with van der Waals surface area (Å²) < 4.78 is 46.8. The smallest absolute Gasteiger partial charge is 0.416 e. The van der Waals surface area contributed by atoms with Crippen molar-refractivity contribution in [2.75, 3.05) is 24.5 Å². The van der Waals surface area contributed by atoms with Crippen molar-refractivity contribution in [1.82, 2.24) is 9.88 Å². The number of carboxylic acid groups (broad SMARTS) is 1. The molecule has 2 aliphatic rings. The number of hydrogen-bond donors (Lipinski definition) is 1. The van der Waals surface area contributed by atoms with Crippen LogP contribution >= 0.6 is 0 Å². The van der Waals surface area contributed by atoms with Gasteiger partial charge in [0.15, 0.2) is 6.10 Å². The molecule has 0 spiro atoms. The number of piperidine rings is 1. The van der Waals surface area contributed by atoms with Crippen molar-refractivity contribution >= 4 is 11.7 Å². The van der Waals surface area contributed by atoms with Gasteiger partial charge >= 0.3 is 12.1 Å². The highest BCUT2D eigenvalue weighted by molar-refractivity contribution is 5.88. The Hall–Kier alpha value is -3.43. The first-order chi connectivity index (χ1) is 21.8. The molecule has 2 aromatic carbocycles. The van der Waals surface area contributed by atoms with Crippen molar-refractivity contribution in [2.24, 2.45) is 5.41 Å². The molecule has 0 saturated carbocycles. The zero-order valence-corrected chi connectivity index (χ0v) is 28.9. The van der Waals surface area contributed by atoms with E-state index in [0.717, 1.165) is 73.0 Å². The van der Waals surface area contributed by atoms with Gasteiger partial charge in [0, 0.05) is 55.2 Å². The Morgan fingerprint density at radius 1 is 1.00 bits per heavy atom. The number of aromatic nitrogens is 1. The van der Waals surface area contributed by atoms with E-state index < -0.39 is 29.4 Å². The molecular weight excluding hydrogens is 603 g/mol. The zero-order valence-electron chi connectivity index (χ0n) is 28.9. The maximum Gasteiger partial charge on any atom is 0.416 e. The third-order valence-corrected chi connectivity index (χ3v) is 9.70. The average molecular weight is 652 g/mol. The van der Waals surface area contributed by atoms with Crippen LogP contribution in [0.2, 0.25) is 0 Å². The molecule has 1 aromatic heterocycles. The van der Waals surface area contributed by atoms with E-state index in [2.05, 4.69) is 41.8 Å². The van der Waals surface area contributed by atoms with Gasteiger partial charge in [-0.3, -0.25) is 9.88 Å². The fourth-order valence-electron chi connectivity index (χ4n) is 7.06. The third-order valence-electron chi connectivity index (χ3n) is 9.70. The van der Waals surface area contributed by atoms with E-state index in [1.807, 2.05) is 34.6 Å². The van der Waals surface area contributed by atoms with Crippen LogP contribution < -0.4 is 4.90 Å². The van der Waals surface area contributed by atoms with Gasteiger partial charge in [0.1, 0.15) is 0 Å². The topological polar surface area (TPSA) is 65.9 Å². The minimum atomic E-state index is -4.37. The molecule has 47 heavy (non-hydrogen) atoms. The number of carbonyl (C=O) groups is 1. The normalized spacial score (nSPS) is 17.8. The first kappa shape index (κ1) is 34.9. The standard InChI is InChI=1S/C38H48F3N3O3/c1-23-28(10-9-11-30(23)38(39,40)41)21-43-17-14-26-20-27(12-13-29(26)22-43)31-24(2)42-25(3)32(34(35(45)46)47-36(4,5)6)33(31)44-18-15-37(7,8)16-19-44/h9-13,20,34H,14-19,21-22H2,1-8H3,(H,45,46)/t34-/m0/s1. The fourth-order valence-corrected chi connectivity index (χ4v) is 7.06. The molecular formula is C38H48F3N3O3. The lowest BCUT2D eigenvalue weighted by atomic mass is 9.81. The van der Waals surface area contributed by atoms with Crippen LogP contribution in [-0.4, -0.2) is 46.2 Å². The second-order valence-electron chi connectivity index (χ2n) is 15.1. The summed E-state index contributed by atoms with van der Waals surface area (Å²) in [6.45, 7) is 19.0. The number of pyridine rings is 1. The summed E-state index contributed by atoms with van der Waals surface area (Å²) in [7, 11) is 0. The Morgan fingerprint density at radius 3 is 2.30 bits per heavy atom. The van der Waals surface area contributed by atoms with E-state index >= 15 is 0 Å². The van der Waals surface area contributed by atoms with Crippen molar-refractivity contribution < 1.29 is 27.8 Å². The quantitative estimate of drug-likeness (QED) is 0.276. The third kappa shape index (κ3) is 7.67. The second kappa shape index (κ2) is 12.9. The van der Waals surface area contributed by atoms with E-state index in [9.17, 15) is 23.1 Å². The van der Waals surface area contributed by atoms with E-state index in [1.165, 1.54) is 11.6 Å². The van der Waals surface area contributed by atoms with E-state index in [-0.39, 0.29) is 11.0 Å². The number of aryl methyl sites for hydroxylation is 2. The van der Waals surface area contributed by atoms with Crippen molar-refractivity contribution in [3.05, 3.63) is 81.2 Å². The lowest BCUT2D eigenvalue weighted by molar-refractivity contribution is -0.160. The first-order valence-corrected chi connectivity index (χ1v) is 16.5. The number of nitrogens with zero attached hydrogens (tertiary/aromatic N) is 3. The molecule has 1 N–H and O–H groups in total. The number of aliphatic carboxylic acids is 1. The number of ether oxygens (including phenoxy) is 1. The van der Waals surface area contributed by atoms with Gasteiger partial charge in [0.25, 0.3) is 0 Å². The van der Waals surface area contributed by atoms with Gasteiger partial charge in [-0.2, -0.15) is 13.2 Å². The Kier molecular flexibility index (Phi) is 9.56. The van der Waals surface area contributed by atoms with Crippen molar-refractivity contribution in [1.29, 1.82) is 0 Å². The Bertz CT molecular complexity index is 1650. The maximum atomic E-state index is 13.5.